The van der Waals surface area contributed by atoms with Crippen LogP contribution in [0.4, 0.5) is 0 Å². The van der Waals surface area contributed by atoms with Gasteiger partial charge in [0, 0.05) is 23.4 Å². The first kappa shape index (κ1) is 20.4. The summed E-state index contributed by atoms with van der Waals surface area (Å²) in [6.45, 7) is 6.23. The zero-order valence-corrected chi connectivity index (χ0v) is 17.5. The van der Waals surface area contributed by atoms with Gasteiger partial charge >= 0.3 is 0 Å². The van der Waals surface area contributed by atoms with Crippen molar-refractivity contribution in [3.05, 3.63) is 69.7 Å². The average molecular weight is 395 g/mol. The molecule has 2 atom stereocenters. The Morgan fingerprint density at radius 1 is 1.21 bits per heavy atom. The van der Waals surface area contributed by atoms with Crippen molar-refractivity contribution in [2.45, 2.75) is 58.4 Å². The van der Waals surface area contributed by atoms with Crippen LogP contribution < -0.4 is 5.32 Å². The molecular weight excluding hydrogens is 368 g/mol. The number of amides is 1. The van der Waals surface area contributed by atoms with E-state index in [0.717, 1.165) is 24.3 Å². The largest absolute Gasteiger partial charge is 0.353 e. The second-order valence-corrected chi connectivity index (χ2v) is 9.35. The van der Waals surface area contributed by atoms with E-state index in [1.165, 1.54) is 16.7 Å². The second kappa shape index (κ2) is 8.37. The van der Waals surface area contributed by atoms with E-state index in [-0.39, 0.29) is 23.3 Å². The monoisotopic (exact) mass is 394 g/mol. The van der Waals surface area contributed by atoms with Crippen LogP contribution in [0.5, 0.6) is 0 Å². The van der Waals surface area contributed by atoms with Crippen molar-refractivity contribution in [2.75, 3.05) is 0 Å². The first-order valence-electron chi connectivity index (χ1n) is 9.82. The molecule has 3 nitrogen and oxygen atoms in total. The van der Waals surface area contributed by atoms with E-state index >= 15 is 0 Å². The summed E-state index contributed by atoms with van der Waals surface area (Å²) in [5, 5.41) is 13.4. The fourth-order valence-corrected chi connectivity index (χ4v) is 4.13. The summed E-state index contributed by atoms with van der Waals surface area (Å²) in [6, 6.07) is 16.1. The molecule has 0 spiro atoms. The zero-order chi connectivity index (χ0) is 20.3. The van der Waals surface area contributed by atoms with Crippen LogP contribution in [0, 0.1) is 16.7 Å². The molecule has 2 aromatic carbocycles. The number of carbonyl (C=O) groups excluding carboxylic acids is 1. The SMILES string of the molecule is CC(C)(C)CC(=O)NC1CCc2ccc(C#N)cc2C1Cc1ccc(Cl)cc1. The summed E-state index contributed by atoms with van der Waals surface area (Å²) < 4.78 is 0. The summed E-state index contributed by atoms with van der Waals surface area (Å²) in [7, 11) is 0. The van der Waals surface area contributed by atoms with Crippen LogP contribution in [-0.2, 0) is 17.6 Å². The van der Waals surface area contributed by atoms with Gasteiger partial charge in [-0.05, 0) is 65.6 Å². The number of nitrogens with one attached hydrogen (secondary N) is 1. The highest BCUT2D eigenvalue weighted by atomic mass is 35.5. The van der Waals surface area contributed by atoms with Gasteiger partial charge in [-0.15, -0.1) is 0 Å². The van der Waals surface area contributed by atoms with Gasteiger partial charge in [0.2, 0.25) is 5.91 Å². The normalized spacial score (nSPS) is 18.8. The van der Waals surface area contributed by atoms with Gasteiger partial charge in [0.1, 0.15) is 0 Å². The molecule has 1 aliphatic carbocycles. The number of carbonyl (C=O) groups is 1. The predicted octanol–water partition coefficient (Wildman–Crippen LogP) is 5.41. The van der Waals surface area contributed by atoms with E-state index in [4.69, 9.17) is 11.6 Å². The molecule has 2 unspecified atom stereocenters. The maximum atomic E-state index is 12.6. The molecule has 0 aromatic heterocycles. The second-order valence-electron chi connectivity index (χ2n) is 8.91. The molecule has 1 aliphatic rings. The van der Waals surface area contributed by atoms with Crippen LogP contribution in [0.25, 0.3) is 0 Å². The number of nitriles is 1. The highest BCUT2D eigenvalue weighted by Gasteiger charge is 2.31. The Morgan fingerprint density at radius 2 is 1.93 bits per heavy atom. The molecule has 0 saturated heterocycles. The number of fused-ring (bicyclic) bond motifs is 1. The Labute approximate surface area is 172 Å². The molecule has 0 fully saturated rings. The van der Waals surface area contributed by atoms with Gasteiger partial charge in [-0.2, -0.15) is 5.26 Å². The molecule has 1 amide bonds. The molecule has 2 aromatic rings. The van der Waals surface area contributed by atoms with Gasteiger partial charge in [0.25, 0.3) is 0 Å². The van der Waals surface area contributed by atoms with Crippen LogP contribution in [0.1, 0.15) is 61.8 Å². The van der Waals surface area contributed by atoms with Crippen molar-refractivity contribution in [2.24, 2.45) is 5.41 Å². The van der Waals surface area contributed by atoms with E-state index in [2.05, 4.69) is 38.2 Å². The highest BCUT2D eigenvalue weighted by molar-refractivity contribution is 6.30. The molecule has 0 saturated carbocycles. The lowest BCUT2D eigenvalue weighted by Gasteiger charge is -2.35. The maximum absolute atomic E-state index is 12.6. The topological polar surface area (TPSA) is 52.9 Å². The van der Waals surface area contributed by atoms with Gasteiger partial charge in [0.05, 0.1) is 11.6 Å². The van der Waals surface area contributed by atoms with Crippen molar-refractivity contribution < 1.29 is 4.79 Å². The molecule has 0 radical (unpaired) electrons. The molecule has 146 valence electrons. The standard InChI is InChI=1S/C24H27ClN2O/c1-24(2,3)14-23(28)27-22-11-8-18-7-4-17(15-26)13-20(18)21(22)12-16-5-9-19(25)10-6-16/h4-7,9-10,13,21-22H,8,11-12,14H2,1-3H3,(H,27,28). The van der Waals surface area contributed by atoms with Crippen LogP contribution in [0.15, 0.2) is 42.5 Å². The van der Waals surface area contributed by atoms with Crippen molar-refractivity contribution in [1.29, 1.82) is 5.26 Å². The minimum Gasteiger partial charge on any atom is -0.353 e. The van der Waals surface area contributed by atoms with Crippen molar-refractivity contribution in [1.82, 2.24) is 5.32 Å². The lowest BCUT2D eigenvalue weighted by molar-refractivity contribution is -0.123. The summed E-state index contributed by atoms with van der Waals surface area (Å²) in [5.74, 6) is 0.237. The predicted molar refractivity (Wildman–Crippen MR) is 113 cm³/mol. The molecule has 3 rings (SSSR count). The molecule has 0 bridgehead atoms. The number of nitrogens with zero attached hydrogens (tertiary/aromatic N) is 1. The number of hydrogen-bond donors (Lipinski definition) is 1. The van der Waals surface area contributed by atoms with E-state index < -0.39 is 0 Å². The van der Waals surface area contributed by atoms with E-state index in [1.54, 1.807) is 0 Å². The number of hydrogen-bond acceptors (Lipinski definition) is 2. The third kappa shape index (κ3) is 5.14. The lowest BCUT2D eigenvalue weighted by atomic mass is 9.75. The Balaban J connectivity index is 1.90. The Bertz CT molecular complexity index is 890. The first-order chi connectivity index (χ1) is 13.2. The van der Waals surface area contributed by atoms with Crippen LogP contribution in [0.3, 0.4) is 0 Å². The smallest absolute Gasteiger partial charge is 0.220 e. The molecule has 4 heteroatoms. The van der Waals surface area contributed by atoms with Gasteiger partial charge in [-0.25, -0.2) is 0 Å². The first-order valence-corrected chi connectivity index (χ1v) is 10.2. The van der Waals surface area contributed by atoms with Crippen molar-refractivity contribution in [3.63, 3.8) is 0 Å². The number of aryl methyl sites for hydroxylation is 1. The summed E-state index contributed by atoms with van der Waals surface area (Å²) in [6.07, 6.45) is 3.13. The minimum atomic E-state index is -0.0453. The zero-order valence-electron chi connectivity index (χ0n) is 16.8. The van der Waals surface area contributed by atoms with Gasteiger partial charge in [0.15, 0.2) is 0 Å². The summed E-state index contributed by atoms with van der Waals surface area (Å²) in [5.41, 5.74) is 4.26. The van der Waals surface area contributed by atoms with Gasteiger partial charge in [-0.1, -0.05) is 50.6 Å². The highest BCUT2D eigenvalue weighted by Crippen LogP contribution is 2.35. The molecule has 1 N–H and O–H groups in total. The molecular formula is C24H27ClN2O. The quantitative estimate of drug-likeness (QED) is 0.754. The number of rotatable bonds is 4. The van der Waals surface area contributed by atoms with Gasteiger partial charge < -0.3 is 5.32 Å². The van der Waals surface area contributed by atoms with Crippen molar-refractivity contribution in [3.8, 4) is 6.07 Å². The maximum Gasteiger partial charge on any atom is 0.220 e. The minimum absolute atomic E-state index is 0.0453. The molecule has 28 heavy (non-hydrogen) atoms. The van der Waals surface area contributed by atoms with Crippen molar-refractivity contribution >= 4 is 17.5 Å². The van der Waals surface area contributed by atoms with Gasteiger partial charge in [-0.3, -0.25) is 4.79 Å². The Kier molecular flexibility index (Phi) is 6.10. The van der Waals surface area contributed by atoms with Crippen LogP contribution in [0.2, 0.25) is 5.02 Å². The molecule has 0 aliphatic heterocycles. The summed E-state index contributed by atoms with van der Waals surface area (Å²) in [4.78, 5) is 12.6. The van der Waals surface area contributed by atoms with E-state index in [0.29, 0.717) is 12.0 Å². The van der Waals surface area contributed by atoms with E-state index in [1.807, 2.05) is 36.4 Å². The third-order valence-corrected chi connectivity index (χ3v) is 5.54. The number of benzene rings is 2. The fraction of sp³-hybridized carbons (Fsp3) is 0.417. The lowest BCUT2D eigenvalue weighted by Crippen LogP contribution is -2.43. The Morgan fingerprint density at radius 3 is 2.57 bits per heavy atom. The van der Waals surface area contributed by atoms with Crippen LogP contribution >= 0.6 is 11.6 Å². The molecule has 0 heterocycles. The van der Waals surface area contributed by atoms with E-state index in [9.17, 15) is 10.1 Å². The van der Waals surface area contributed by atoms with Crippen LogP contribution in [-0.4, -0.2) is 11.9 Å². The summed E-state index contributed by atoms with van der Waals surface area (Å²) >= 11 is 6.04. The third-order valence-electron chi connectivity index (χ3n) is 5.29. The fourth-order valence-electron chi connectivity index (χ4n) is 4.01. The average Bonchev–Trinajstić information content (AvgIpc) is 2.63. The number of halogens is 1. The Hall–Kier alpha value is -2.31.